The Bertz CT molecular complexity index is 3910. The lowest BCUT2D eigenvalue weighted by Gasteiger charge is -2.26. The molecule has 1 aliphatic rings. The molecule has 65 heavy (non-hydrogen) atoms. The molecular weight excluding hydrogens is 793 g/mol. The summed E-state index contributed by atoms with van der Waals surface area (Å²) in [6, 6.07) is 69.6. The molecule has 0 aliphatic carbocycles. The van der Waals surface area contributed by atoms with E-state index in [0.717, 1.165) is 112 Å². The van der Waals surface area contributed by atoms with Crippen molar-refractivity contribution in [3.8, 4) is 39.1 Å². The zero-order chi connectivity index (χ0) is 43.0. The van der Waals surface area contributed by atoms with E-state index in [1.165, 1.54) is 21.8 Å². The number of fused-ring (bicyclic) bond motifs is 10. The highest BCUT2D eigenvalue weighted by Gasteiger charge is 2.18. The number of hydrogen-bond acceptors (Lipinski definition) is 3. The Hall–Kier alpha value is -8.60. The molecule has 9 aromatic carbocycles. The number of aromatic nitrogens is 1. The monoisotopic (exact) mass is 832 g/mol. The average molecular weight is 833 g/mol. The zero-order valence-electron chi connectivity index (χ0n) is 35.4. The second-order valence-corrected chi connectivity index (χ2v) is 17.0. The van der Waals surface area contributed by atoms with Crippen LogP contribution >= 0.6 is 0 Å². The summed E-state index contributed by atoms with van der Waals surface area (Å²) in [5.41, 5.74) is 18.2. The third kappa shape index (κ3) is 6.14. The maximum absolute atomic E-state index is 6.42. The third-order valence-electron chi connectivity index (χ3n) is 13.2. The number of furan rings is 2. The van der Waals surface area contributed by atoms with Gasteiger partial charge >= 0.3 is 0 Å². The third-order valence-corrected chi connectivity index (χ3v) is 13.2. The molecule has 13 rings (SSSR count). The van der Waals surface area contributed by atoms with Crippen LogP contribution in [0, 0.1) is 0 Å². The van der Waals surface area contributed by atoms with Gasteiger partial charge < -0.3 is 18.3 Å². The van der Waals surface area contributed by atoms with Gasteiger partial charge in [-0.25, -0.2) is 0 Å². The Morgan fingerprint density at radius 3 is 1.46 bits per heavy atom. The molecule has 1 aliphatic heterocycles. The van der Waals surface area contributed by atoms with E-state index in [1.54, 1.807) is 0 Å². The van der Waals surface area contributed by atoms with Crippen molar-refractivity contribution in [2.24, 2.45) is 0 Å². The number of anilines is 2. The molecule has 306 valence electrons. The van der Waals surface area contributed by atoms with Gasteiger partial charge in [0.1, 0.15) is 22.3 Å². The van der Waals surface area contributed by atoms with Crippen LogP contribution in [0.5, 0.6) is 0 Å². The fraction of sp³-hybridized carbons (Fsp3) is 0.0164. The lowest BCUT2D eigenvalue weighted by molar-refractivity contribution is 0.668. The second-order valence-electron chi connectivity index (χ2n) is 17.0. The first kappa shape index (κ1) is 37.0. The van der Waals surface area contributed by atoms with Gasteiger partial charge in [-0.1, -0.05) is 134 Å². The molecule has 4 heterocycles. The van der Waals surface area contributed by atoms with Gasteiger partial charge in [0.05, 0.1) is 11.0 Å². The van der Waals surface area contributed by atoms with E-state index in [0.29, 0.717) is 0 Å². The van der Waals surface area contributed by atoms with Crippen LogP contribution in [0.1, 0.15) is 5.56 Å². The minimum atomic E-state index is 0.732. The fourth-order valence-corrected chi connectivity index (χ4v) is 9.98. The van der Waals surface area contributed by atoms with Crippen molar-refractivity contribution in [1.29, 1.82) is 0 Å². The molecule has 0 fully saturated rings. The Balaban J connectivity index is 0.845. The van der Waals surface area contributed by atoms with E-state index in [4.69, 9.17) is 8.83 Å². The van der Waals surface area contributed by atoms with Gasteiger partial charge in [0.2, 0.25) is 0 Å². The number of rotatable bonds is 5. The minimum Gasteiger partial charge on any atom is -0.456 e. The average Bonchev–Trinajstić information content (AvgIpc) is 4.04. The smallest absolute Gasteiger partial charge is 0.135 e. The van der Waals surface area contributed by atoms with Crippen LogP contribution in [0.3, 0.4) is 0 Å². The first-order valence-corrected chi connectivity index (χ1v) is 22.1. The summed E-state index contributed by atoms with van der Waals surface area (Å²) in [4.78, 5) is 2.35. The van der Waals surface area contributed by atoms with Gasteiger partial charge in [0.15, 0.2) is 0 Å². The van der Waals surface area contributed by atoms with Crippen LogP contribution in [0.4, 0.5) is 11.4 Å². The number of benzene rings is 9. The molecule has 0 N–H and O–H groups in total. The lowest BCUT2D eigenvalue weighted by Crippen LogP contribution is -2.18. The minimum absolute atomic E-state index is 0.732. The molecule has 0 saturated heterocycles. The van der Waals surface area contributed by atoms with E-state index in [1.807, 2.05) is 0 Å². The zero-order valence-corrected chi connectivity index (χ0v) is 35.4. The van der Waals surface area contributed by atoms with Gasteiger partial charge in [-0.3, -0.25) is 0 Å². The first-order valence-electron chi connectivity index (χ1n) is 22.1. The normalized spacial score (nSPS) is 14.0. The van der Waals surface area contributed by atoms with Crippen LogP contribution in [0.15, 0.2) is 234 Å². The molecule has 4 nitrogen and oxygen atoms in total. The molecule has 0 bridgehead atoms. The maximum atomic E-state index is 6.42. The predicted octanol–water partition coefficient (Wildman–Crippen LogP) is 16.9. The molecule has 0 atom stereocenters. The van der Waals surface area contributed by atoms with E-state index >= 15 is 0 Å². The van der Waals surface area contributed by atoms with Crippen LogP contribution in [-0.2, 0) is 0 Å². The highest BCUT2D eigenvalue weighted by atomic mass is 16.3. The Morgan fingerprint density at radius 2 is 0.862 bits per heavy atom. The van der Waals surface area contributed by atoms with Crippen LogP contribution in [0.2, 0.25) is 0 Å². The van der Waals surface area contributed by atoms with Gasteiger partial charge in [-0.05, 0) is 130 Å². The Kier molecular flexibility index (Phi) is 8.40. The van der Waals surface area contributed by atoms with Crippen molar-refractivity contribution in [3.63, 3.8) is 0 Å². The molecular formula is C61H40N2O2. The van der Waals surface area contributed by atoms with E-state index in [2.05, 4.69) is 234 Å². The highest BCUT2D eigenvalue weighted by Crippen LogP contribution is 2.41. The van der Waals surface area contributed by atoms with E-state index < -0.39 is 0 Å². The maximum Gasteiger partial charge on any atom is 0.135 e. The van der Waals surface area contributed by atoms with Gasteiger partial charge in [0, 0.05) is 61.5 Å². The molecule has 0 radical (unpaired) electrons. The molecule has 0 saturated carbocycles. The molecule has 0 amide bonds. The van der Waals surface area contributed by atoms with Crippen molar-refractivity contribution in [1.82, 2.24) is 4.57 Å². The predicted molar refractivity (Wildman–Crippen MR) is 272 cm³/mol. The van der Waals surface area contributed by atoms with Gasteiger partial charge in [0.25, 0.3) is 0 Å². The Labute approximate surface area is 375 Å². The fourth-order valence-electron chi connectivity index (χ4n) is 9.98. The highest BCUT2D eigenvalue weighted by molar-refractivity contribution is 6.11. The largest absolute Gasteiger partial charge is 0.456 e. The van der Waals surface area contributed by atoms with Crippen molar-refractivity contribution in [3.05, 3.63) is 231 Å². The lowest BCUT2D eigenvalue weighted by atomic mass is 9.95. The van der Waals surface area contributed by atoms with Crippen molar-refractivity contribution < 1.29 is 8.83 Å². The number of nitrogens with zero attached hydrogens (tertiary/aromatic N) is 2. The van der Waals surface area contributed by atoms with Gasteiger partial charge in [-0.2, -0.15) is 0 Å². The quantitative estimate of drug-likeness (QED) is 0.173. The Morgan fingerprint density at radius 1 is 0.385 bits per heavy atom. The molecule has 12 aromatic rings. The van der Waals surface area contributed by atoms with Crippen LogP contribution < -0.4 is 4.90 Å². The summed E-state index contributed by atoms with van der Waals surface area (Å²) < 4.78 is 15.2. The number of hydrogen-bond donors (Lipinski definition) is 0. The van der Waals surface area contributed by atoms with Crippen molar-refractivity contribution in [2.75, 3.05) is 11.4 Å². The summed E-state index contributed by atoms with van der Waals surface area (Å²) in [5, 5.41) is 6.88. The summed E-state index contributed by atoms with van der Waals surface area (Å²) in [7, 11) is 0. The summed E-state index contributed by atoms with van der Waals surface area (Å²) >= 11 is 0. The van der Waals surface area contributed by atoms with E-state index in [-0.39, 0.29) is 0 Å². The van der Waals surface area contributed by atoms with Gasteiger partial charge in [-0.15, -0.1) is 0 Å². The summed E-state index contributed by atoms with van der Waals surface area (Å²) in [6.07, 6.45) is 8.42. The number of para-hydroxylation sites is 3. The number of allylic oxidation sites excluding steroid dienone is 4. The SMILES string of the molecule is C=C1/C=C\C=C/CN(c2ccc3oc4ccc(-c5cccc(-c6cccc(-c7ccc8oc9ccc(-n%10c%11ccccc%11c%11ccccc%11%10)cc9c8c7)c6)c5)cc4c3c2)c2ccccc21. The molecule has 4 heteroatoms. The standard InChI is InChI=1S/C61H40N2O2/c1-39-13-3-2-10-32-62(55-21-7-4-18-48(39)55)46-26-30-60-53(37-46)51-35-44(24-28-58(51)64-60)42-16-11-14-40(33-42)41-15-12-17-43(34-41)45-25-29-59-52(36-45)54-38-47(27-31-61(54)65-59)63-56-22-8-5-19-49(56)50-20-6-9-23-57(50)63/h2-31,33-38H,1,32H2/b10-2-,13-3-. The van der Waals surface area contributed by atoms with Crippen molar-refractivity contribution in [2.45, 2.75) is 0 Å². The van der Waals surface area contributed by atoms with Crippen molar-refractivity contribution >= 4 is 82.6 Å². The summed E-state index contributed by atoms with van der Waals surface area (Å²) in [6.45, 7) is 5.10. The van der Waals surface area contributed by atoms with Crippen LogP contribution in [-0.4, -0.2) is 11.1 Å². The molecule has 3 aromatic heterocycles. The second kappa shape index (κ2) is 14.8. The summed E-state index contributed by atoms with van der Waals surface area (Å²) in [5.74, 6) is 0. The molecule has 0 unspecified atom stereocenters. The topological polar surface area (TPSA) is 34.5 Å². The molecule has 0 spiro atoms. The first-order chi connectivity index (χ1) is 32.1. The van der Waals surface area contributed by atoms with E-state index in [9.17, 15) is 0 Å². The van der Waals surface area contributed by atoms with Crippen LogP contribution in [0.25, 0.3) is 110 Å².